The third-order valence-electron chi connectivity index (χ3n) is 3.87. The summed E-state index contributed by atoms with van der Waals surface area (Å²) >= 11 is 0. The van der Waals surface area contributed by atoms with Crippen molar-refractivity contribution < 1.29 is 0 Å². The zero-order valence-corrected chi connectivity index (χ0v) is 10.1. The number of fused-ring (bicyclic) bond motifs is 1. The standard InChI is InChI=1S/C11H17N5O2/c17-10-9(14-15-11(18)13-10)12-7-3-5-16-4-1-2-8(16)6-7/h7-8H,1-6H2,(H,12,14)(H2,13,15,17,18). The number of hydrogen-bond donors (Lipinski definition) is 3. The van der Waals surface area contributed by atoms with Crippen molar-refractivity contribution in [2.45, 2.75) is 37.8 Å². The minimum atomic E-state index is -0.573. The number of aromatic nitrogens is 3. The highest BCUT2D eigenvalue weighted by molar-refractivity contribution is 5.30. The fourth-order valence-corrected chi connectivity index (χ4v) is 2.99. The lowest BCUT2D eigenvalue weighted by atomic mass is 9.98. The van der Waals surface area contributed by atoms with Crippen LogP contribution in [-0.4, -0.2) is 45.3 Å². The van der Waals surface area contributed by atoms with Crippen LogP contribution in [0.3, 0.4) is 0 Å². The van der Waals surface area contributed by atoms with Crippen molar-refractivity contribution in [2.75, 3.05) is 18.4 Å². The fraction of sp³-hybridized carbons (Fsp3) is 0.727. The lowest BCUT2D eigenvalue weighted by Gasteiger charge is -2.35. The van der Waals surface area contributed by atoms with Crippen LogP contribution >= 0.6 is 0 Å². The largest absolute Gasteiger partial charge is 0.361 e. The zero-order chi connectivity index (χ0) is 12.5. The highest BCUT2D eigenvalue weighted by atomic mass is 16.2. The Morgan fingerprint density at radius 1 is 1.28 bits per heavy atom. The Morgan fingerprint density at radius 2 is 2.17 bits per heavy atom. The van der Waals surface area contributed by atoms with Gasteiger partial charge in [0.05, 0.1) is 0 Å². The molecule has 2 fully saturated rings. The van der Waals surface area contributed by atoms with E-state index in [1.54, 1.807) is 0 Å². The molecule has 0 bridgehead atoms. The van der Waals surface area contributed by atoms with E-state index in [0.29, 0.717) is 6.04 Å². The van der Waals surface area contributed by atoms with Crippen molar-refractivity contribution in [3.63, 3.8) is 0 Å². The molecule has 7 heteroatoms. The minimum absolute atomic E-state index is 0.214. The van der Waals surface area contributed by atoms with E-state index in [0.717, 1.165) is 19.4 Å². The number of nitrogens with zero attached hydrogens (tertiary/aromatic N) is 2. The second-order valence-corrected chi connectivity index (χ2v) is 5.05. The Balaban J connectivity index is 1.69. The molecular weight excluding hydrogens is 234 g/mol. The first-order valence-electron chi connectivity index (χ1n) is 6.42. The maximum absolute atomic E-state index is 11.5. The van der Waals surface area contributed by atoms with Gasteiger partial charge in [0, 0.05) is 18.6 Å². The average molecular weight is 251 g/mol. The zero-order valence-electron chi connectivity index (χ0n) is 10.1. The quantitative estimate of drug-likeness (QED) is 0.658. The Hall–Kier alpha value is -1.63. The molecule has 7 nitrogen and oxygen atoms in total. The number of piperidine rings is 1. The van der Waals surface area contributed by atoms with Crippen LogP contribution in [0.25, 0.3) is 0 Å². The molecular formula is C11H17N5O2. The molecule has 98 valence electrons. The molecule has 0 spiro atoms. The predicted octanol–water partition coefficient (Wildman–Crippen LogP) is -0.503. The Bertz CT molecular complexity index is 537. The van der Waals surface area contributed by atoms with E-state index in [4.69, 9.17) is 0 Å². The second-order valence-electron chi connectivity index (χ2n) is 5.05. The lowest BCUT2D eigenvalue weighted by Crippen LogP contribution is -2.43. The first kappa shape index (κ1) is 11.5. The molecule has 2 saturated heterocycles. The fourth-order valence-electron chi connectivity index (χ4n) is 2.99. The van der Waals surface area contributed by atoms with Gasteiger partial charge in [-0.25, -0.2) is 9.89 Å². The maximum atomic E-state index is 11.5. The van der Waals surface area contributed by atoms with Crippen LogP contribution in [0, 0.1) is 0 Å². The molecule has 18 heavy (non-hydrogen) atoms. The van der Waals surface area contributed by atoms with Crippen molar-refractivity contribution in [3.05, 3.63) is 20.8 Å². The lowest BCUT2D eigenvalue weighted by molar-refractivity contribution is 0.188. The average Bonchev–Trinajstić information content (AvgIpc) is 2.80. The van der Waals surface area contributed by atoms with E-state index in [1.807, 2.05) is 0 Å². The molecule has 2 unspecified atom stereocenters. The third-order valence-corrected chi connectivity index (χ3v) is 3.87. The summed E-state index contributed by atoms with van der Waals surface area (Å²) in [5.41, 5.74) is -1.02. The molecule has 0 aromatic carbocycles. The van der Waals surface area contributed by atoms with Crippen molar-refractivity contribution in [1.29, 1.82) is 0 Å². The normalized spacial score (nSPS) is 28.0. The Morgan fingerprint density at radius 3 is 3.00 bits per heavy atom. The van der Waals surface area contributed by atoms with E-state index in [2.05, 4.69) is 25.4 Å². The van der Waals surface area contributed by atoms with E-state index < -0.39 is 11.2 Å². The van der Waals surface area contributed by atoms with Crippen molar-refractivity contribution in [1.82, 2.24) is 20.1 Å². The molecule has 1 aromatic heterocycles. The topological polar surface area (TPSA) is 93.9 Å². The monoisotopic (exact) mass is 251 g/mol. The van der Waals surface area contributed by atoms with Crippen LogP contribution in [0.2, 0.25) is 0 Å². The van der Waals surface area contributed by atoms with E-state index in [-0.39, 0.29) is 11.9 Å². The second kappa shape index (κ2) is 4.56. The van der Waals surface area contributed by atoms with Crippen LogP contribution in [0.4, 0.5) is 5.82 Å². The van der Waals surface area contributed by atoms with Gasteiger partial charge in [-0.05, 0) is 32.2 Å². The summed E-state index contributed by atoms with van der Waals surface area (Å²) < 4.78 is 0. The first-order valence-corrected chi connectivity index (χ1v) is 6.42. The SMILES string of the molecule is O=c1[nH]nc(NC2CCN3CCCC3C2)c(=O)[nH]1. The summed E-state index contributed by atoms with van der Waals surface area (Å²) in [7, 11) is 0. The van der Waals surface area contributed by atoms with Gasteiger partial charge in [-0.15, -0.1) is 5.10 Å². The number of anilines is 1. The van der Waals surface area contributed by atoms with Gasteiger partial charge in [0.25, 0.3) is 5.56 Å². The predicted molar refractivity (Wildman–Crippen MR) is 66.7 cm³/mol. The van der Waals surface area contributed by atoms with Crippen LogP contribution in [0.15, 0.2) is 9.59 Å². The molecule has 2 atom stereocenters. The molecule has 3 N–H and O–H groups in total. The maximum Gasteiger partial charge on any atom is 0.342 e. The van der Waals surface area contributed by atoms with Gasteiger partial charge < -0.3 is 10.2 Å². The molecule has 0 amide bonds. The Labute approximate surface area is 104 Å². The smallest absolute Gasteiger partial charge is 0.342 e. The number of nitrogens with one attached hydrogen (secondary N) is 3. The highest BCUT2D eigenvalue weighted by Crippen LogP contribution is 2.27. The summed E-state index contributed by atoms with van der Waals surface area (Å²) in [4.78, 5) is 27.1. The van der Waals surface area contributed by atoms with Gasteiger partial charge in [0.2, 0.25) is 5.82 Å². The van der Waals surface area contributed by atoms with Crippen LogP contribution in [-0.2, 0) is 0 Å². The number of H-pyrrole nitrogens is 2. The number of aromatic amines is 2. The highest BCUT2D eigenvalue weighted by Gasteiger charge is 2.31. The van der Waals surface area contributed by atoms with Crippen molar-refractivity contribution in [2.24, 2.45) is 0 Å². The van der Waals surface area contributed by atoms with Crippen molar-refractivity contribution in [3.8, 4) is 0 Å². The summed E-state index contributed by atoms with van der Waals surface area (Å²) in [6.45, 7) is 2.28. The third kappa shape index (κ3) is 2.17. The molecule has 2 aliphatic rings. The van der Waals surface area contributed by atoms with Gasteiger partial charge in [-0.1, -0.05) is 0 Å². The summed E-state index contributed by atoms with van der Waals surface area (Å²) in [6, 6.07) is 0.905. The molecule has 3 rings (SSSR count). The number of hydrogen-bond acceptors (Lipinski definition) is 5. The van der Waals surface area contributed by atoms with Gasteiger partial charge in [0.1, 0.15) is 0 Å². The van der Waals surface area contributed by atoms with Crippen LogP contribution in [0.1, 0.15) is 25.7 Å². The summed E-state index contributed by atoms with van der Waals surface area (Å²) in [6.07, 6.45) is 4.57. The molecule has 0 aliphatic carbocycles. The molecule has 0 saturated carbocycles. The van der Waals surface area contributed by atoms with Gasteiger partial charge in [-0.2, -0.15) is 0 Å². The van der Waals surface area contributed by atoms with Crippen LogP contribution in [0.5, 0.6) is 0 Å². The van der Waals surface area contributed by atoms with E-state index in [9.17, 15) is 9.59 Å². The van der Waals surface area contributed by atoms with Crippen molar-refractivity contribution >= 4 is 5.82 Å². The van der Waals surface area contributed by atoms with Crippen LogP contribution < -0.4 is 16.6 Å². The summed E-state index contributed by atoms with van der Waals surface area (Å²) in [5, 5.41) is 9.13. The molecule has 3 heterocycles. The van der Waals surface area contributed by atoms with E-state index >= 15 is 0 Å². The number of rotatable bonds is 2. The molecule has 2 aliphatic heterocycles. The molecule has 1 aromatic rings. The van der Waals surface area contributed by atoms with Gasteiger partial charge >= 0.3 is 5.69 Å². The Kier molecular flexibility index (Phi) is 2.91. The molecule has 0 radical (unpaired) electrons. The van der Waals surface area contributed by atoms with Gasteiger partial charge in [0.15, 0.2) is 0 Å². The first-order chi connectivity index (χ1) is 8.72. The van der Waals surface area contributed by atoms with E-state index in [1.165, 1.54) is 19.4 Å². The summed E-state index contributed by atoms with van der Waals surface area (Å²) in [5.74, 6) is 0.214. The van der Waals surface area contributed by atoms with Gasteiger partial charge in [-0.3, -0.25) is 9.78 Å². The minimum Gasteiger partial charge on any atom is -0.361 e.